The molecule has 0 fully saturated rings. The number of hydrogen-bond donors (Lipinski definition) is 2. The van der Waals surface area contributed by atoms with Crippen LogP contribution in [0.15, 0.2) is 46.9 Å². The third-order valence-electron chi connectivity index (χ3n) is 3.79. The van der Waals surface area contributed by atoms with Crippen molar-refractivity contribution < 1.29 is 9.13 Å². The highest BCUT2D eigenvalue weighted by Gasteiger charge is 2.30. The van der Waals surface area contributed by atoms with Crippen molar-refractivity contribution in [1.82, 2.24) is 5.43 Å². The molecule has 2 unspecified atom stereocenters. The van der Waals surface area contributed by atoms with Crippen molar-refractivity contribution in [3.05, 3.63) is 63.9 Å². The van der Waals surface area contributed by atoms with Crippen LogP contribution in [-0.2, 0) is 12.8 Å². The van der Waals surface area contributed by atoms with Gasteiger partial charge in [0.25, 0.3) is 0 Å². The molecule has 0 spiro atoms. The lowest BCUT2D eigenvalue weighted by Crippen LogP contribution is -2.47. The summed E-state index contributed by atoms with van der Waals surface area (Å²) in [5.41, 5.74) is 5.02. The molecule has 0 radical (unpaired) electrons. The summed E-state index contributed by atoms with van der Waals surface area (Å²) in [4.78, 5) is 0. The summed E-state index contributed by atoms with van der Waals surface area (Å²) in [5.74, 6) is 6.36. The number of fused-ring (bicyclic) bond motifs is 1. The van der Waals surface area contributed by atoms with E-state index in [1.807, 2.05) is 18.2 Å². The van der Waals surface area contributed by atoms with E-state index in [9.17, 15) is 4.39 Å². The van der Waals surface area contributed by atoms with Crippen molar-refractivity contribution in [3.63, 3.8) is 0 Å². The second-order valence-electron chi connectivity index (χ2n) is 5.18. The van der Waals surface area contributed by atoms with Gasteiger partial charge >= 0.3 is 0 Å². The Kier molecular flexibility index (Phi) is 4.24. The smallest absolute Gasteiger partial charge is 0.124 e. The number of hydrogen-bond acceptors (Lipinski definition) is 3. The minimum Gasteiger partial charge on any atom is -0.488 e. The first-order valence-corrected chi connectivity index (χ1v) is 7.61. The zero-order valence-corrected chi connectivity index (χ0v) is 12.9. The summed E-state index contributed by atoms with van der Waals surface area (Å²) >= 11 is 3.39. The molecule has 0 aromatic heterocycles. The highest BCUT2D eigenvalue weighted by atomic mass is 79.9. The average Bonchev–Trinajstić information content (AvgIpc) is 2.90. The van der Waals surface area contributed by atoms with Crippen LogP contribution < -0.4 is 16.0 Å². The Labute approximate surface area is 131 Å². The molecule has 1 aliphatic heterocycles. The Balaban J connectivity index is 1.75. The summed E-state index contributed by atoms with van der Waals surface area (Å²) < 4.78 is 19.9. The predicted octanol–water partition coefficient (Wildman–Crippen LogP) is 2.97. The molecule has 1 aliphatic rings. The lowest BCUT2D eigenvalue weighted by atomic mass is 9.98. The Hall–Kier alpha value is -1.43. The van der Waals surface area contributed by atoms with Gasteiger partial charge in [0, 0.05) is 10.9 Å². The first-order chi connectivity index (χ1) is 10.2. The normalized spacial score (nSPS) is 18.1. The summed E-state index contributed by atoms with van der Waals surface area (Å²) in [5, 5.41) is 0. The van der Waals surface area contributed by atoms with E-state index in [1.165, 1.54) is 17.7 Å². The molecule has 0 saturated heterocycles. The fraction of sp³-hybridized carbons (Fsp3) is 0.250. The molecule has 3 rings (SSSR count). The van der Waals surface area contributed by atoms with E-state index in [4.69, 9.17) is 10.6 Å². The van der Waals surface area contributed by atoms with Crippen LogP contribution in [0.2, 0.25) is 0 Å². The summed E-state index contributed by atoms with van der Waals surface area (Å²) in [6.45, 7) is 0. The molecular weight excluding hydrogens is 335 g/mol. The van der Waals surface area contributed by atoms with Crippen LogP contribution in [0.25, 0.3) is 0 Å². The third-order valence-corrected chi connectivity index (χ3v) is 4.53. The molecule has 110 valence electrons. The molecule has 3 nitrogen and oxygen atoms in total. The van der Waals surface area contributed by atoms with Gasteiger partial charge in [-0.05, 0) is 35.7 Å². The molecule has 0 saturated carbocycles. The van der Waals surface area contributed by atoms with Gasteiger partial charge in [-0.2, -0.15) is 0 Å². The minimum absolute atomic E-state index is 0.0237. The van der Waals surface area contributed by atoms with Crippen LogP contribution in [0.4, 0.5) is 4.39 Å². The lowest BCUT2D eigenvalue weighted by molar-refractivity contribution is 0.177. The number of halogens is 2. The molecule has 2 aromatic carbocycles. The number of para-hydroxylation sites is 1. The minimum atomic E-state index is -0.257. The van der Waals surface area contributed by atoms with Crippen molar-refractivity contribution in [1.29, 1.82) is 0 Å². The molecule has 1 heterocycles. The molecule has 21 heavy (non-hydrogen) atoms. The molecule has 0 bridgehead atoms. The number of hydrazine groups is 1. The zero-order valence-electron chi connectivity index (χ0n) is 11.4. The maximum atomic E-state index is 13.2. The predicted molar refractivity (Wildman–Crippen MR) is 83.5 cm³/mol. The van der Waals surface area contributed by atoms with Gasteiger partial charge in [-0.1, -0.05) is 40.2 Å². The molecule has 2 aromatic rings. The highest BCUT2D eigenvalue weighted by Crippen LogP contribution is 2.30. The monoisotopic (exact) mass is 350 g/mol. The van der Waals surface area contributed by atoms with E-state index >= 15 is 0 Å². The van der Waals surface area contributed by atoms with Gasteiger partial charge in [0.1, 0.15) is 17.7 Å². The van der Waals surface area contributed by atoms with Crippen molar-refractivity contribution in [2.45, 2.75) is 25.0 Å². The van der Waals surface area contributed by atoms with Crippen LogP contribution in [0.5, 0.6) is 5.75 Å². The molecule has 2 atom stereocenters. The van der Waals surface area contributed by atoms with E-state index in [-0.39, 0.29) is 18.0 Å². The van der Waals surface area contributed by atoms with E-state index in [0.717, 1.165) is 22.2 Å². The Bertz CT molecular complexity index is 625. The van der Waals surface area contributed by atoms with Crippen molar-refractivity contribution in [2.24, 2.45) is 5.84 Å². The van der Waals surface area contributed by atoms with Gasteiger partial charge in [0.15, 0.2) is 0 Å². The lowest BCUT2D eigenvalue weighted by Gasteiger charge is -2.23. The maximum Gasteiger partial charge on any atom is 0.124 e. The second kappa shape index (κ2) is 6.13. The number of rotatable bonds is 4. The molecule has 3 N–H and O–H groups in total. The number of ether oxygens (including phenoxy) is 1. The van der Waals surface area contributed by atoms with Gasteiger partial charge < -0.3 is 4.74 Å². The summed E-state index contributed by atoms with van der Waals surface area (Å²) in [7, 11) is 0. The maximum absolute atomic E-state index is 13.2. The molecule has 5 heteroatoms. The van der Waals surface area contributed by atoms with E-state index in [2.05, 4.69) is 27.4 Å². The number of benzene rings is 2. The topological polar surface area (TPSA) is 47.3 Å². The Morgan fingerprint density at radius 3 is 2.86 bits per heavy atom. The van der Waals surface area contributed by atoms with Gasteiger partial charge in [0.05, 0.1) is 6.04 Å². The van der Waals surface area contributed by atoms with Gasteiger partial charge in [0.2, 0.25) is 0 Å². The van der Waals surface area contributed by atoms with E-state index in [1.54, 1.807) is 6.07 Å². The van der Waals surface area contributed by atoms with Crippen LogP contribution in [0, 0.1) is 5.82 Å². The van der Waals surface area contributed by atoms with Gasteiger partial charge in [-0.15, -0.1) is 0 Å². The number of nitrogens with one attached hydrogen (secondary N) is 1. The van der Waals surface area contributed by atoms with Gasteiger partial charge in [-0.3, -0.25) is 11.3 Å². The van der Waals surface area contributed by atoms with Gasteiger partial charge in [-0.25, -0.2) is 4.39 Å². The van der Waals surface area contributed by atoms with Crippen LogP contribution in [0.1, 0.15) is 11.1 Å². The molecule has 0 amide bonds. The SMILES string of the molecule is NNC(Cc1ccc(F)cc1Br)C1Cc2ccccc2O1. The van der Waals surface area contributed by atoms with Crippen molar-refractivity contribution in [3.8, 4) is 5.75 Å². The summed E-state index contributed by atoms with van der Waals surface area (Å²) in [6.07, 6.45) is 1.46. The van der Waals surface area contributed by atoms with Crippen LogP contribution >= 0.6 is 15.9 Å². The average molecular weight is 351 g/mol. The molecular formula is C16H16BrFN2O. The zero-order chi connectivity index (χ0) is 14.8. The van der Waals surface area contributed by atoms with E-state index in [0.29, 0.717) is 6.42 Å². The number of nitrogens with two attached hydrogens (primary N) is 1. The first-order valence-electron chi connectivity index (χ1n) is 6.82. The second-order valence-corrected chi connectivity index (χ2v) is 6.04. The summed E-state index contributed by atoms with van der Waals surface area (Å²) in [6, 6.07) is 12.7. The largest absolute Gasteiger partial charge is 0.488 e. The fourth-order valence-electron chi connectivity index (χ4n) is 2.66. The highest BCUT2D eigenvalue weighted by molar-refractivity contribution is 9.10. The standard InChI is InChI=1S/C16H16BrFN2O/c17-13-9-12(18)6-5-10(13)7-14(20-19)16-8-11-3-1-2-4-15(11)21-16/h1-6,9,14,16,20H,7-8,19H2. The van der Waals surface area contributed by atoms with Crippen molar-refractivity contribution in [2.75, 3.05) is 0 Å². The van der Waals surface area contributed by atoms with Crippen molar-refractivity contribution >= 4 is 15.9 Å². The quantitative estimate of drug-likeness (QED) is 0.658. The molecule has 0 aliphatic carbocycles. The van der Waals surface area contributed by atoms with Crippen LogP contribution in [0.3, 0.4) is 0 Å². The first kappa shape index (κ1) is 14.5. The van der Waals surface area contributed by atoms with Crippen LogP contribution in [-0.4, -0.2) is 12.1 Å². The van der Waals surface area contributed by atoms with E-state index < -0.39 is 0 Å². The third kappa shape index (κ3) is 3.10. The fourth-order valence-corrected chi connectivity index (χ4v) is 3.17. The Morgan fingerprint density at radius 2 is 2.14 bits per heavy atom. The Morgan fingerprint density at radius 1 is 1.33 bits per heavy atom.